The fraction of sp³-hybridized carbons (Fsp3) is 0.250. The van der Waals surface area contributed by atoms with Crippen molar-refractivity contribution in [3.8, 4) is 0 Å². The van der Waals surface area contributed by atoms with E-state index in [2.05, 4.69) is 0 Å². The number of carbonyl (C=O) groups is 2. The Morgan fingerprint density at radius 3 is 2.53 bits per heavy atom. The fourth-order valence-electron chi connectivity index (χ4n) is 2.02. The van der Waals surface area contributed by atoms with E-state index in [1.807, 2.05) is 13.0 Å². The summed E-state index contributed by atoms with van der Waals surface area (Å²) in [6.45, 7) is 3.21. The molecule has 0 atom stereocenters. The number of aromatic carboxylic acids is 1. The fourth-order valence-corrected chi connectivity index (χ4v) is 2.02. The molecular weight excluding hydrogens is 220 g/mol. The van der Waals surface area contributed by atoms with Crippen LogP contribution in [-0.2, 0) is 7.05 Å². The molecule has 0 radical (unpaired) electrons. The van der Waals surface area contributed by atoms with Crippen molar-refractivity contribution in [3.63, 3.8) is 0 Å². The van der Waals surface area contributed by atoms with E-state index in [-0.39, 0.29) is 11.7 Å². The number of hydrogen-bond donors (Lipinski definition) is 0. The van der Waals surface area contributed by atoms with Crippen molar-refractivity contribution in [2.24, 2.45) is 7.05 Å². The third-order valence-corrected chi connectivity index (χ3v) is 2.76. The number of carboxylic acid groups (broad SMARTS) is 1. The van der Waals surface area contributed by atoms with Crippen LogP contribution < -0.4 is 9.67 Å². The number of aromatic nitrogens is 2. The minimum atomic E-state index is -1.36. The summed E-state index contributed by atoms with van der Waals surface area (Å²) in [5, 5.41) is 11.1. The van der Waals surface area contributed by atoms with Gasteiger partial charge in [-0.15, -0.1) is 0 Å². The van der Waals surface area contributed by atoms with Crippen LogP contribution in [0.2, 0.25) is 0 Å². The second kappa shape index (κ2) is 3.69. The summed E-state index contributed by atoms with van der Waals surface area (Å²) in [5.41, 5.74) is 2.23. The number of nitrogens with zero attached hydrogens (tertiary/aromatic N) is 2. The predicted octanol–water partition coefficient (Wildman–Crippen LogP) is -0.202. The van der Waals surface area contributed by atoms with Gasteiger partial charge in [-0.1, -0.05) is 6.07 Å². The first-order valence-electron chi connectivity index (χ1n) is 5.17. The van der Waals surface area contributed by atoms with Crippen molar-refractivity contribution >= 4 is 22.9 Å². The van der Waals surface area contributed by atoms with E-state index in [0.29, 0.717) is 11.0 Å². The smallest absolute Gasteiger partial charge is 0.313 e. The van der Waals surface area contributed by atoms with Gasteiger partial charge in [0.15, 0.2) is 17.0 Å². The molecule has 0 fully saturated rings. The summed E-state index contributed by atoms with van der Waals surface area (Å²) in [4.78, 5) is 22.7. The molecule has 5 nitrogen and oxygen atoms in total. The Balaban J connectivity index is 2.99. The van der Waals surface area contributed by atoms with Crippen molar-refractivity contribution in [2.75, 3.05) is 0 Å². The molecule has 0 spiro atoms. The number of benzene rings is 1. The Labute approximate surface area is 97.9 Å². The topological polar surface area (TPSA) is 66.0 Å². The summed E-state index contributed by atoms with van der Waals surface area (Å²) in [7, 11) is 1.60. The molecule has 0 aliphatic carbocycles. The van der Waals surface area contributed by atoms with Crippen molar-refractivity contribution < 1.29 is 19.3 Å². The molecule has 0 N–H and O–H groups in total. The van der Waals surface area contributed by atoms with Gasteiger partial charge in [-0.25, -0.2) is 9.36 Å². The van der Waals surface area contributed by atoms with Gasteiger partial charge in [0.05, 0.1) is 7.05 Å². The van der Waals surface area contributed by atoms with Crippen LogP contribution in [0.5, 0.6) is 0 Å². The lowest BCUT2D eigenvalue weighted by molar-refractivity contribution is -0.650. The van der Waals surface area contributed by atoms with Crippen LogP contribution in [0, 0.1) is 6.92 Å². The number of imidazole rings is 1. The molecule has 1 aromatic carbocycles. The molecule has 0 amide bonds. The molecule has 1 aromatic heterocycles. The minimum absolute atomic E-state index is 0.141. The number of aryl methyl sites for hydroxylation is 2. The molecule has 1 heterocycles. The Kier molecular flexibility index (Phi) is 2.46. The third-order valence-electron chi connectivity index (χ3n) is 2.76. The SMILES string of the molecule is CC(=O)n1c(C(=O)[O-])[n+](C)c2ccc(C)cc21. The number of fused-ring (bicyclic) bond motifs is 1. The van der Waals surface area contributed by atoms with Gasteiger partial charge in [-0.3, -0.25) is 0 Å². The van der Waals surface area contributed by atoms with E-state index < -0.39 is 5.97 Å². The highest BCUT2D eigenvalue weighted by Crippen LogP contribution is 2.15. The van der Waals surface area contributed by atoms with E-state index in [1.54, 1.807) is 19.2 Å². The Hall–Kier alpha value is -2.17. The lowest BCUT2D eigenvalue weighted by Gasteiger charge is -1.98. The molecule has 0 saturated carbocycles. The molecule has 88 valence electrons. The van der Waals surface area contributed by atoms with Crippen LogP contribution in [0.4, 0.5) is 0 Å². The quantitative estimate of drug-likeness (QED) is 0.639. The van der Waals surface area contributed by atoms with Gasteiger partial charge in [0.2, 0.25) is 0 Å². The van der Waals surface area contributed by atoms with Crippen LogP contribution in [0.3, 0.4) is 0 Å². The number of carboxylic acids is 1. The maximum atomic E-state index is 11.6. The third kappa shape index (κ3) is 1.60. The van der Waals surface area contributed by atoms with Gasteiger partial charge in [0.1, 0.15) is 0 Å². The second-order valence-corrected chi connectivity index (χ2v) is 4.02. The van der Waals surface area contributed by atoms with Gasteiger partial charge in [0.25, 0.3) is 0 Å². The molecule has 2 rings (SSSR count). The summed E-state index contributed by atoms with van der Waals surface area (Å²) < 4.78 is 2.61. The Bertz CT molecular complexity index is 641. The highest BCUT2D eigenvalue weighted by atomic mass is 16.4. The Morgan fingerprint density at radius 1 is 1.35 bits per heavy atom. The van der Waals surface area contributed by atoms with Gasteiger partial charge >= 0.3 is 11.7 Å². The molecule has 5 heteroatoms. The average Bonchev–Trinajstić information content (AvgIpc) is 2.51. The summed E-state index contributed by atoms with van der Waals surface area (Å²) in [6, 6.07) is 5.44. The summed E-state index contributed by atoms with van der Waals surface area (Å²) >= 11 is 0. The van der Waals surface area contributed by atoms with Gasteiger partial charge < -0.3 is 9.90 Å². The highest BCUT2D eigenvalue weighted by Gasteiger charge is 2.26. The lowest BCUT2D eigenvalue weighted by Crippen LogP contribution is -2.42. The van der Waals surface area contributed by atoms with Crippen LogP contribution in [0.15, 0.2) is 18.2 Å². The van der Waals surface area contributed by atoms with E-state index in [4.69, 9.17) is 0 Å². The van der Waals surface area contributed by atoms with E-state index in [1.165, 1.54) is 11.5 Å². The van der Waals surface area contributed by atoms with Gasteiger partial charge in [-0.2, -0.15) is 4.57 Å². The van der Waals surface area contributed by atoms with Crippen LogP contribution in [0.1, 0.15) is 27.9 Å². The first-order valence-corrected chi connectivity index (χ1v) is 5.17. The molecule has 0 saturated heterocycles. The lowest BCUT2D eigenvalue weighted by atomic mass is 10.2. The highest BCUT2D eigenvalue weighted by molar-refractivity contribution is 5.95. The van der Waals surface area contributed by atoms with Crippen molar-refractivity contribution in [1.82, 2.24) is 4.57 Å². The molecule has 0 aliphatic heterocycles. The second-order valence-electron chi connectivity index (χ2n) is 4.02. The molecule has 2 aromatic rings. The maximum absolute atomic E-state index is 11.6. The van der Waals surface area contributed by atoms with Crippen molar-refractivity contribution in [3.05, 3.63) is 29.6 Å². The first-order chi connectivity index (χ1) is 7.93. The zero-order valence-electron chi connectivity index (χ0n) is 9.85. The van der Waals surface area contributed by atoms with Gasteiger partial charge in [-0.05, 0) is 24.6 Å². The zero-order chi connectivity index (χ0) is 12.7. The number of carbonyl (C=O) groups excluding carboxylic acids is 2. The average molecular weight is 232 g/mol. The van der Waals surface area contributed by atoms with E-state index >= 15 is 0 Å². The van der Waals surface area contributed by atoms with Crippen molar-refractivity contribution in [1.29, 1.82) is 0 Å². The standard InChI is InChI=1S/C12H12N2O3/c1-7-4-5-9-10(6-7)14(8(2)15)11(12(16)17)13(9)3/h4-6H,1-3H3. The monoisotopic (exact) mass is 232 g/mol. The van der Waals surface area contributed by atoms with Gasteiger partial charge in [0, 0.05) is 6.92 Å². The number of rotatable bonds is 1. The molecular formula is C12H12N2O3. The molecule has 0 unspecified atom stereocenters. The minimum Gasteiger partial charge on any atom is -0.538 e. The largest absolute Gasteiger partial charge is 0.538 e. The molecule has 17 heavy (non-hydrogen) atoms. The first kappa shape index (κ1) is 11.3. The van der Waals surface area contributed by atoms with Crippen LogP contribution >= 0.6 is 0 Å². The molecule has 0 aliphatic rings. The summed E-state index contributed by atoms with van der Waals surface area (Å²) in [6.07, 6.45) is 0. The van der Waals surface area contributed by atoms with Crippen LogP contribution in [0.25, 0.3) is 11.0 Å². The maximum Gasteiger partial charge on any atom is 0.313 e. The normalized spacial score (nSPS) is 10.8. The van der Waals surface area contributed by atoms with E-state index in [9.17, 15) is 14.7 Å². The molecule has 0 bridgehead atoms. The predicted molar refractivity (Wildman–Crippen MR) is 58.5 cm³/mol. The van der Waals surface area contributed by atoms with Crippen LogP contribution in [-0.4, -0.2) is 16.4 Å². The number of hydrogen-bond acceptors (Lipinski definition) is 3. The zero-order valence-corrected chi connectivity index (χ0v) is 9.85. The van der Waals surface area contributed by atoms with E-state index in [0.717, 1.165) is 10.1 Å². The van der Waals surface area contributed by atoms with Crippen molar-refractivity contribution in [2.45, 2.75) is 13.8 Å². The Morgan fingerprint density at radius 2 is 2.00 bits per heavy atom. The summed E-state index contributed by atoms with van der Waals surface area (Å²) in [5.74, 6) is -1.85.